The second-order valence-electron chi connectivity index (χ2n) is 6.96. The summed E-state index contributed by atoms with van der Waals surface area (Å²) in [5, 5.41) is 0. The number of nitrogens with zero attached hydrogens (tertiary/aromatic N) is 1. The van der Waals surface area contributed by atoms with Gasteiger partial charge in [-0.05, 0) is 24.1 Å². The van der Waals surface area contributed by atoms with Crippen LogP contribution in [0, 0.1) is 5.92 Å². The Morgan fingerprint density at radius 3 is 2.48 bits per heavy atom. The van der Waals surface area contributed by atoms with Crippen LogP contribution in [0.4, 0.5) is 0 Å². The quantitative estimate of drug-likeness (QED) is 0.705. The molecule has 1 aromatic rings. The molecule has 0 saturated carbocycles. The number of rotatable bonds is 3. The van der Waals surface area contributed by atoms with Gasteiger partial charge in [-0.3, -0.25) is 4.90 Å². The smallest absolute Gasteiger partial charge is 0.0388 e. The molecule has 1 aliphatic heterocycles. The number of hydrogen-bond donors (Lipinski definition) is 0. The Morgan fingerprint density at radius 1 is 1.09 bits per heavy atom. The molecule has 1 heteroatoms. The molecule has 0 amide bonds. The van der Waals surface area contributed by atoms with E-state index in [0.717, 1.165) is 0 Å². The molecular formula is C22H27N. The fourth-order valence-corrected chi connectivity index (χ4v) is 3.88. The molecule has 0 N–H and O–H groups in total. The zero-order valence-corrected chi connectivity index (χ0v) is 14.4. The summed E-state index contributed by atoms with van der Waals surface area (Å²) in [4.78, 5) is 2.51. The van der Waals surface area contributed by atoms with Gasteiger partial charge in [-0.25, -0.2) is 0 Å². The maximum atomic E-state index is 4.16. The van der Waals surface area contributed by atoms with Gasteiger partial charge in [-0.1, -0.05) is 80.6 Å². The molecule has 0 bridgehead atoms. The zero-order chi connectivity index (χ0) is 16.4. The van der Waals surface area contributed by atoms with E-state index in [1.807, 2.05) is 0 Å². The van der Waals surface area contributed by atoms with E-state index in [2.05, 4.69) is 99.2 Å². The first-order chi connectivity index (χ1) is 11.1. The molecule has 0 saturated heterocycles. The van der Waals surface area contributed by atoms with Crippen LogP contribution in [-0.4, -0.2) is 24.0 Å². The van der Waals surface area contributed by atoms with E-state index in [4.69, 9.17) is 0 Å². The number of fused-ring (bicyclic) bond motifs is 3. The minimum Gasteiger partial charge on any atom is -0.292 e. The largest absolute Gasteiger partial charge is 0.292 e. The maximum Gasteiger partial charge on any atom is 0.0388 e. The lowest BCUT2D eigenvalue weighted by Gasteiger charge is -2.36. The van der Waals surface area contributed by atoms with Crippen molar-refractivity contribution in [1.29, 1.82) is 0 Å². The predicted octanol–water partition coefficient (Wildman–Crippen LogP) is 5.06. The van der Waals surface area contributed by atoms with Crippen LogP contribution in [0.5, 0.6) is 0 Å². The first-order valence-electron chi connectivity index (χ1n) is 8.60. The van der Waals surface area contributed by atoms with Crippen molar-refractivity contribution in [2.75, 3.05) is 7.05 Å². The average Bonchev–Trinajstić information content (AvgIpc) is 2.67. The van der Waals surface area contributed by atoms with E-state index in [1.54, 1.807) is 0 Å². The van der Waals surface area contributed by atoms with Crippen LogP contribution in [-0.2, 0) is 0 Å². The van der Waals surface area contributed by atoms with E-state index < -0.39 is 0 Å². The Balaban J connectivity index is 2.14. The van der Waals surface area contributed by atoms with E-state index in [0.29, 0.717) is 29.8 Å². The second-order valence-corrected chi connectivity index (χ2v) is 6.96. The van der Waals surface area contributed by atoms with E-state index in [1.165, 1.54) is 11.1 Å². The lowest BCUT2D eigenvalue weighted by molar-refractivity contribution is 0.219. The third-order valence-electron chi connectivity index (χ3n) is 5.08. The second kappa shape index (κ2) is 6.72. The molecule has 0 radical (unpaired) electrons. The van der Waals surface area contributed by atoms with E-state index >= 15 is 0 Å². The summed E-state index contributed by atoms with van der Waals surface area (Å²) in [5.74, 6) is 1.30. The lowest BCUT2D eigenvalue weighted by Crippen LogP contribution is -2.42. The molecule has 3 rings (SSSR count). The summed E-state index contributed by atoms with van der Waals surface area (Å²) in [5.41, 5.74) is 2.86. The molecule has 1 aromatic carbocycles. The summed E-state index contributed by atoms with van der Waals surface area (Å²) in [6.07, 6.45) is 15.9. The van der Waals surface area contributed by atoms with Gasteiger partial charge in [0.15, 0.2) is 0 Å². The number of allylic oxidation sites excluding steroid dienone is 3. The van der Waals surface area contributed by atoms with Gasteiger partial charge in [0.05, 0.1) is 0 Å². The molecule has 1 heterocycles. The van der Waals surface area contributed by atoms with Crippen molar-refractivity contribution in [3.05, 3.63) is 84.5 Å². The molecule has 0 aromatic heterocycles. The Kier molecular flexibility index (Phi) is 4.68. The Labute approximate surface area is 140 Å². The molecule has 1 aliphatic carbocycles. The van der Waals surface area contributed by atoms with E-state index in [-0.39, 0.29) is 0 Å². The first-order valence-corrected chi connectivity index (χ1v) is 8.60. The highest BCUT2D eigenvalue weighted by Crippen LogP contribution is 2.41. The molecule has 4 unspecified atom stereocenters. The molecule has 120 valence electrons. The van der Waals surface area contributed by atoms with Crippen molar-refractivity contribution in [2.24, 2.45) is 5.92 Å². The van der Waals surface area contributed by atoms with Gasteiger partial charge in [0.1, 0.15) is 0 Å². The summed E-state index contributed by atoms with van der Waals surface area (Å²) in [7, 11) is 2.25. The Morgan fingerprint density at radius 2 is 1.78 bits per heavy atom. The third-order valence-corrected chi connectivity index (χ3v) is 5.08. The van der Waals surface area contributed by atoms with Crippen molar-refractivity contribution < 1.29 is 0 Å². The number of benzene rings is 1. The van der Waals surface area contributed by atoms with Crippen molar-refractivity contribution in [1.82, 2.24) is 4.90 Å². The van der Waals surface area contributed by atoms with Gasteiger partial charge in [-0.15, -0.1) is 6.58 Å². The number of hydrogen-bond acceptors (Lipinski definition) is 1. The molecule has 1 nitrogen and oxygen atoms in total. The lowest BCUT2D eigenvalue weighted by atomic mass is 9.83. The normalized spacial score (nSPS) is 30.3. The highest BCUT2D eigenvalue weighted by molar-refractivity contribution is 5.45. The van der Waals surface area contributed by atoms with Gasteiger partial charge < -0.3 is 0 Å². The van der Waals surface area contributed by atoms with Crippen LogP contribution in [0.1, 0.15) is 36.8 Å². The monoisotopic (exact) mass is 305 g/mol. The highest BCUT2D eigenvalue weighted by Gasteiger charge is 2.37. The van der Waals surface area contributed by atoms with Crippen LogP contribution in [0.2, 0.25) is 0 Å². The minimum atomic E-state index is 0.318. The molecule has 0 fully saturated rings. The molecule has 2 aliphatic rings. The topological polar surface area (TPSA) is 3.24 Å². The maximum absolute atomic E-state index is 4.16. The van der Waals surface area contributed by atoms with Gasteiger partial charge >= 0.3 is 0 Å². The van der Waals surface area contributed by atoms with Crippen LogP contribution < -0.4 is 0 Å². The summed E-state index contributed by atoms with van der Waals surface area (Å²) in [6, 6.07) is 9.61. The molecule has 0 spiro atoms. The van der Waals surface area contributed by atoms with Crippen LogP contribution in [0.25, 0.3) is 0 Å². The standard InChI is InChI=1S/C22H27N/c1-5-17-18-10-6-7-11-19(18)20-12-8-9-13-21(20)23(4)22(17)15-14-16(2)3/h5-17,20-22H,1H2,2-4H3/b15-14-. The van der Waals surface area contributed by atoms with Crippen molar-refractivity contribution in [2.45, 2.75) is 37.8 Å². The summed E-state index contributed by atoms with van der Waals surface area (Å²) >= 11 is 0. The molecule has 23 heavy (non-hydrogen) atoms. The number of likely N-dealkylation sites (N-methyl/N-ethyl adjacent to an activating group) is 1. The van der Waals surface area contributed by atoms with Crippen LogP contribution in [0.3, 0.4) is 0 Å². The molecule has 4 atom stereocenters. The first kappa shape index (κ1) is 16.0. The van der Waals surface area contributed by atoms with Gasteiger partial charge in [-0.2, -0.15) is 0 Å². The highest BCUT2D eigenvalue weighted by atomic mass is 15.2. The van der Waals surface area contributed by atoms with Crippen molar-refractivity contribution >= 4 is 0 Å². The van der Waals surface area contributed by atoms with Gasteiger partial charge in [0, 0.05) is 23.9 Å². The SMILES string of the molecule is C=CC1c2ccccc2C2C=CC=CC2N(C)C1/C=C\C(C)C. The van der Waals surface area contributed by atoms with Crippen LogP contribution >= 0.6 is 0 Å². The Hall–Kier alpha value is -1.86. The van der Waals surface area contributed by atoms with Gasteiger partial charge in [0.2, 0.25) is 0 Å². The van der Waals surface area contributed by atoms with Crippen molar-refractivity contribution in [3.63, 3.8) is 0 Å². The third kappa shape index (κ3) is 2.98. The summed E-state index contributed by atoms with van der Waals surface area (Å²) in [6.45, 7) is 8.62. The average molecular weight is 305 g/mol. The van der Waals surface area contributed by atoms with Crippen molar-refractivity contribution in [3.8, 4) is 0 Å². The van der Waals surface area contributed by atoms with Crippen LogP contribution in [0.15, 0.2) is 73.4 Å². The fraction of sp³-hybridized carbons (Fsp3) is 0.364. The predicted molar refractivity (Wildman–Crippen MR) is 99.7 cm³/mol. The van der Waals surface area contributed by atoms with E-state index in [9.17, 15) is 0 Å². The zero-order valence-electron chi connectivity index (χ0n) is 14.4. The minimum absolute atomic E-state index is 0.318. The fourth-order valence-electron chi connectivity index (χ4n) is 3.88. The Bertz CT molecular complexity index is 650. The molecular weight excluding hydrogens is 278 g/mol. The van der Waals surface area contributed by atoms with Gasteiger partial charge in [0.25, 0.3) is 0 Å². The summed E-state index contributed by atoms with van der Waals surface area (Å²) < 4.78 is 0.